The van der Waals surface area contributed by atoms with E-state index in [4.69, 9.17) is 10.5 Å². The normalized spacial score (nSPS) is 12.9. The van der Waals surface area contributed by atoms with Crippen molar-refractivity contribution in [3.05, 3.63) is 64.7 Å². The molecule has 0 fully saturated rings. The van der Waals surface area contributed by atoms with Gasteiger partial charge in [-0.25, -0.2) is 0 Å². The van der Waals surface area contributed by atoms with Gasteiger partial charge >= 0.3 is 6.18 Å². The van der Waals surface area contributed by atoms with Crippen LogP contribution in [0.5, 0.6) is 5.75 Å². The summed E-state index contributed by atoms with van der Waals surface area (Å²) >= 11 is 0. The molecule has 2 rings (SSSR count). The van der Waals surface area contributed by atoms with E-state index in [0.29, 0.717) is 12.2 Å². The molecule has 0 aromatic heterocycles. The van der Waals surface area contributed by atoms with Crippen LogP contribution in [0.1, 0.15) is 41.1 Å². The summed E-state index contributed by atoms with van der Waals surface area (Å²) in [5, 5.41) is 0. The van der Waals surface area contributed by atoms with Crippen molar-refractivity contribution in [3.63, 3.8) is 0 Å². The summed E-state index contributed by atoms with van der Waals surface area (Å²) in [7, 11) is 0. The maximum atomic E-state index is 12.3. The van der Waals surface area contributed by atoms with E-state index >= 15 is 0 Å². The largest absolute Gasteiger partial charge is 0.488 e. The fraction of sp³-hybridized carbons (Fsp3) is 0.368. The third kappa shape index (κ3) is 5.27. The Kier molecular flexibility index (Phi) is 5.89. The van der Waals surface area contributed by atoms with Crippen molar-refractivity contribution in [2.75, 3.05) is 0 Å². The maximum Gasteiger partial charge on any atom is 0.389 e. The van der Waals surface area contributed by atoms with Crippen LogP contribution in [0.25, 0.3) is 0 Å². The summed E-state index contributed by atoms with van der Waals surface area (Å²) in [6.45, 7) is 4.21. The van der Waals surface area contributed by atoms with Crippen LogP contribution in [-0.4, -0.2) is 6.18 Å². The Hall–Kier alpha value is -2.01. The Morgan fingerprint density at radius 2 is 1.62 bits per heavy atom. The van der Waals surface area contributed by atoms with Gasteiger partial charge in [0.15, 0.2) is 0 Å². The van der Waals surface area contributed by atoms with E-state index in [-0.39, 0.29) is 6.42 Å². The van der Waals surface area contributed by atoms with Crippen molar-refractivity contribution in [2.45, 2.75) is 45.5 Å². The van der Waals surface area contributed by atoms with Gasteiger partial charge in [-0.05, 0) is 42.5 Å². The van der Waals surface area contributed by atoms with E-state index in [1.54, 1.807) is 0 Å². The minimum atomic E-state index is -4.18. The van der Waals surface area contributed by atoms with E-state index in [2.05, 4.69) is 0 Å². The number of ether oxygens (including phenoxy) is 1. The molecule has 0 aliphatic carbocycles. The number of hydrogen-bond donors (Lipinski definition) is 1. The molecule has 0 saturated carbocycles. The number of nitrogens with two attached hydrogens (primary N) is 1. The first-order valence-corrected chi connectivity index (χ1v) is 7.86. The van der Waals surface area contributed by atoms with Crippen LogP contribution in [0.2, 0.25) is 0 Å². The number of benzene rings is 2. The first kappa shape index (κ1) is 18.3. The number of rotatable bonds is 6. The second-order valence-electron chi connectivity index (χ2n) is 6.02. The fourth-order valence-electron chi connectivity index (χ4n) is 2.64. The van der Waals surface area contributed by atoms with Gasteiger partial charge in [-0.15, -0.1) is 0 Å². The Morgan fingerprint density at radius 3 is 2.17 bits per heavy atom. The molecule has 2 aromatic rings. The first-order chi connectivity index (χ1) is 11.3. The zero-order valence-electron chi connectivity index (χ0n) is 13.9. The van der Waals surface area contributed by atoms with E-state index in [1.165, 1.54) is 0 Å². The summed E-state index contributed by atoms with van der Waals surface area (Å²) < 4.78 is 42.9. The van der Waals surface area contributed by atoms with Gasteiger partial charge in [0.05, 0.1) is 0 Å². The lowest BCUT2D eigenvalue weighted by atomic mass is 9.97. The standard InChI is InChI=1S/C19H22F3NO/c1-13-10-16(17(23)8-9-19(20,21)22)11-14(2)18(13)24-12-15-6-4-3-5-7-15/h3-7,10-11,17H,8-9,12,23H2,1-2H3/t17-/m0/s1. The van der Waals surface area contributed by atoms with Crippen molar-refractivity contribution in [2.24, 2.45) is 5.73 Å². The summed E-state index contributed by atoms with van der Waals surface area (Å²) in [6.07, 6.45) is -5.18. The van der Waals surface area contributed by atoms with Gasteiger partial charge in [-0.2, -0.15) is 13.2 Å². The minimum absolute atomic E-state index is 0.118. The van der Waals surface area contributed by atoms with Crippen molar-refractivity contribution in [1.82, 2.24) is 0 Å². The van der Waals surface area contributed by atoms with Crippen LogP contribution in [0.15, 0.2) is 42.5 Å². The first-order valence-electron chi connectivity index (χ1n) is 7.86. The van der Waals surface area contributed by atoms with Crippen LogP contribution in [0.4, 0.5) is 13.2 Å². The van der Waals surface area contributed by atoms with Crippen molar-refractivity contribution >= 4 is 0 Å². The van der Waals surface area contributed by atoms with E-state index in [9.17, 15) is 13.2 Å². The average molecular weight is 337 g/mol. The minimum Gasteiger partial charge on any atom is -0.488 e. The Bertz CT molecular complexity index is 645. The summed E-state index contributed by atoms with van der Waals surface area (Å²) in [4.78, 5) is 0. The zero-order chi connectivity index (χ0) is 17.7. The molecule has 0 heterocycles. The molecule has 0 aliphatic rings. The second-order valence-corrected chi connectivity index (χ2v) is 6.02. The third-order valence-corrected chi connectivity index (χ3v) is 3.88. The topological polar surface area (TPSA) is 35.2 Å². The van der Waals surface area contributed by atoms with Gasteiger partial charge in [-0.1, -0.05) is 42.5 Å². The smallest absolute Gasteiger partial charge is 0.389 e. The highest BCUT2D eigenvalue weighted by molar-refractivity contribution is 5.44. The predicted molar refractivity (Wildman–Crippen MR) is 88.9 cm³/mol. The number of alkyl halides is 3. The summed E-state index contributed by atoms with van der Waals surface area (Å²) in [5.74, 6) is 0.755. The molecule has 0 spiro atoms. The second kappa shape index (κ2) is 7.71. The molecule has 2 N–H and O–H groups in total. The Balaban J connectivity index is 2.07. The molecule has 24 heavy (non-hydrogen) atoms. The molecule has 0 amide bonds. The van der Waals surface area contributed by atoms with Gasteiger partial charge < -0.3 is 10.5 Å². The highest BCUT2D eigenvalue weighted by Crippen LogP contribution is 2.31. The van der Waals surface area contributed by atoms with Crippen LogP contribution in [0, 0.1) is 13.8 Å². The lowest BCUT2D eigenvalue weighted by Gasteiger charge is -2.18. The summed E-state index contributed by atoms with van der Waals surface area (Å²) in [5.41, 5.74) is 9.44. The van der Waals surface area contributed by atoms with E-state index in [0.717, 1.165) is 22.4 Å². The molecule has 5 heteroatoms. The molecule has 0 bridgehead atoms. The Morgan fingerprint density at radius 1 is 1.04 bits per heavy atom. The van der Waals surface area contributed by atoms with Crippen molar-refractivity contribution < 1.29 is 17.9 Å². The maximum absolute atomic E-state index is 12.3. The van der Waals surface area contributed by atoms with Gasteiger partial charge in [0.2, 0.25) is 0 Å². The highest BCUT2D eigenvalue weighted by atomic mass is 19.4. The molecule has 2 nitrogen and oxygen atoms in total. The molecule has 0 saturated heterocycles. The fourth-order valence-corrected chi connectivity index (χ4v) is 2.64. The molecule has 2 aromatic carbocycles. The van der Waals surface area contributed by atoms with Crippen molar-refractivity contribution in [3.8, 4) is 5.75 Å². The van der Waals surface area contributed by atoms with Crippen LogP contribution < -0.4 is 10.5 Å². The van der Waals surface area contributed by atoms with Gasteiger partial charge in [0, 0.05) is 12.5 Å². The highest BCUT2D eigenvalue weighted by Gasteiger charge is 2.28. The number of halogens is 3. The average Bonchev–Trinajstić information content (AvgIpc) is 2.52. The molecule has 0 aliphatic heterocycles. The lowest BCUT2D eigenvalue weighted by molar-refractivity contribution is -0.136. The molecular formula is C19H22F3NO. The van der Waals surface area contributed by atoms with Crippen molar-refractivity contribution in [1.29, 1.82) is 0 Å². The number of hydrogen-bond acceptors (Lipinski definition) is 2. The van der Waals surface area contributed by atoms with Crippen LogP contribution in [0.3, 0.4) is 0 Å². The quantitative estimate of drug-likeness (QED) is 0.784. The number of aryl methyl sites for hydroxylation is 2. The lowest BCUT2D eigenvalue weighted by Crippen LogP contribution is -2.16. The third-order valence-electron chi connectivity index (χ3n) is 3.88. The van der Waals surface area contributed by atoms with Gasteiger partial charge in [-0.3, -0.25) is 0 Å². The van der Waals surface area contributed by atoms with E-state index in [1.807, 2.05) is 56.3 Å². The van der Waals surface area contributed by atoms with Crippen LogP contribution in [-0.2, 0) is 6.61 Å². The zero-order valence-corrected chi connectivity index (χ0v) is 13.9. The monoisotopic (exact) mass is 337 g/mol. The van der Waals surface area contributed by atoms with Crippen LogP contribution >= 0.6 is 0 Å². The molecule has 1 atom stereocenters. The molecular weight excluding hydrogens is 315 g/mol. The predicted octanol–water partition coefficient (Wildman–Crippen LogP) is 5.22. The molecule has 0 unspecified atom stereocenters. The molecule has 130 valence electrons. The Labute approximate surface area is 140 Å². The summed E-state index contributed by atoms with van der Waals surface area (Å²) in [6, 6.07) is 12.8. The van der Waals surface area contributed by atoms with Gasteiger partial charge in [0.1, 0.15) is 12.4 Å². The van der Waals surface area contributed by atoms with Gasteiger partial charge in [0.25, 0.3) is 0 Å². The molecule has 0 radical (unpaired) electrons. The van der Waals surface area contributed by atoms with E-state index < -0.39 is 18.6 Å². The SMILES string of the molecule is Cc1cc([C@@H](N)CCC(F)(F)F)cc(C)c1OCc1ccccc1.